The van der Waals surface area contributed by atoms with Crippen LogP contribution >= 0.6 is 0 Å². The molecule has 0 saturated carbocycles. The van der Waals surface area contributed by atoms with E-state index in [4.69, 9.17) is 4.74 Å². The fourth-order valence-corrected chi connectivity index (χ4v) is 3.07. The molecule has 0 aliphatic rings. The van der Waals surface area contributed by atoms with Crippen LogP contribution in [-0.4, -0.2) is 29.9 Å². The van der Waals surface area contributed by atoms with Crippen LogP contribution in [0, 0.1) is 6.92 Å². The standard InChI is InChI=1S/C21H22N2O2/c1-14-13-18(17-10-5-7-11-19(17)22-14)21(24)23(3)15(2)16-9-6-8-12-20(16)25-4/h5-13,15H,1-4H3. The maximum Gasteiger partial charge on any atom is 0.254 e. The summed E-state index contributed by atoms with van der Waals surface area (Å²) in [4.78, 5) is 19.4. The Balaban J connectivity index is 2.01. The number of methoxy groups -OCH3 is 1. The van der Waals surface area contributed by atoms with Crippen LogP contribution in [0.5, 0.6) is 5.75 Å². The molecule has 1 heterocycles. The lowest BCUT2D eigenvalue weighted by Gasteiger charge is -2.27. The number of pyridine rings is 1. The third kappa shape index (κ3) is 3.20. The molecule has 1 aromatic heterocycles. The maximum absolute atomic E-state index is 13.2. The zero-order valence-corrected chi connectivity index (χ0v) is 15.0. The normalized spacial score (nSPS) is 12.0. The second kappa shape index (κ2) is 6.93. The zero-order chi connectivity index (χ0) is 18.0. The number of aryl methyl sites for hydroxylation is 1. The molecule has 0 aliphatic heterocycles. The van der Waals surface area contributed by atoms with Crippen molar-refractivity contribution in [2.75, 3.05) is 14.2 Å². The topological polar surface area (TPSA) is 42.4 Å². The molecule has 0 fully saturated rings. The first-order chi connectivity index (χ1) is 12.0. The van der Waals surface area contributed by atoms with Gasteiger partial charge in [-0.3, -0.25) is 9.78 Å². The van der Waals surface area contributed by atoms with E-state index >= 15 is 0 Å². The number of hydrogen-bond acceptors (Lipinski definition) is 3. The molecular formula is C21H22N2O2. The van der Waals surface area contributed by atoms with Crippen LogP contribution in [0.2, 0.25) is 0 Å². The van der Waals surface area contributed by atoms with Gasteiger partial charge in [0.1, 0.15) is 5.75 Å². The summed E-state index contributed by atoms with van der Waals surface area (Å²) in [5, 5.41) is 0.872. The largest absolute Gasteiger partial charge is 0.496 e. The van der Waals surface area contributed by atoms with Crippen LogP contribution in [0.15, 0.2) is 54.6 Å². The number of rotatable bonds is 4. The minimum Gasteiger partial charge on any atom is -0.496 e. The van der Waals surface area contributed by atoms with Gasteiger partial charge in [-0.15, -0.1) is 0 Å². The van der Waals surface area contributed by atoms with E-state index in [1.807, 2.05) is 75.5 Å². The average molecular weight is 334 g/mol. The summed E-state index contributed by atoms with van der Waals surface area (Å²) < 4.78 is 5.44. The number of carbonyl (C=O) groups is 1. The first kappa shape index (κ1) is 17.0. The van der Waals surface area contributed by atoms with Crippen LogP contribution in [0.25, 0.3) is 10.9 Å². The number of benzene rings is 2. The Morgan fingerprint density at radius 1 is 1.12 bits per heavy atom. The van der Waals surface area contributed by atoms with E-state index in [1.54, 1.807) is 12.0 Å². The van der Waals surface area contributed by atoms with E-state index in [0.29, 0.717) is 5.56 Å². The lowest BCUT2D eigenvalue weighted by molar-refractivity contribution is 0.0743. The molecule has 0 aliphatic carbocycles. The SMILES string of the molecule is COc1ccccc1C(C)N(C)C(=O)c1cc(C)nc2ccccc12. The van der Waals surface area contributed by atoms with Crippen molar-refractivity contribution < 1.29 is 9.53 Å². The predicted molar refractivity (Wildman–Crippen MR) is 100.0 cm³/mol. The fourth-order valence-electron chi connectivity index (χ4n) is 3.07. The van der Waals surface area contributed by atoms with Crippen LogP contribution in [0.4, 0.5) is 0 Å². The van der Waals surface area contributed by atoms with Gasteiger partial charge in [0, 0.05) is 23.7 Å². The van der Waals surface area contributed by atoms with Crippen LogP contribution in [-0.2, 0) is 0 Å². The van der Waals surface area contributed by atoms with E-state index in [9.17, 15) is 4.79 Å². The van der Waals surface area contributed by atoms with Gasteiger partial charge in [-0.2, -0.15) is 0 Å². The van der Waals surface area contributed by atoms with Gasteiger partial charge in [-0.25, -0.2) is 0 Å². The Bertz CT molecular complexity index is 921. The van der Waals surface area contributed by atoms with Crippen molar-refractivity contribution in [3.05, 3.63) is 71.4 Å². The molecule has 1 atom stereocenters. The number of ether oxygens (including phenoxy) is 1. The monoisotopic (exact) mass is 334 g/mol. The van der Waals surface area contributed by atoms with E-state index in [0.717, 1.165) is 27.9 Å². The van der Waals surface area contributed by atoms with Crippen molar-refractivity contribution in [1.82, 2.24) is 9.88 Å². The average Bonchev–Trinajstić information content (AvgIpc) is 2.65. The highest BCUT2D eigenvalue weighted by molar-refractivity contribution is 6.06. The molecule has 4 nitrogen and oxygen atoms in total. The number of nitrogens with zero attached hydrogens (tertiary/aromatic N) is 2. The van der Waals surface area contributed by atoms with Crippen molar-refractivity contribution in [3.8, 4) is 5.75 Å². The molecule has 1 unspecified atom stereocenters. The Labute approximate surface area is 148 Å². The first-order valence-electron chi connectivity index (χ1n) is 8.29. The van der Waals surface area contributed by atoms with Gasteiger partial charge in [0.2, 0.25) is 0 Å². The highest BCUT2D eigenvalue weighted by Gasteiger charge is 2.23. The molecule has 0 saturated heterocycles. The molecule has 2 aromatic carbocycles. The van der Waals surface area contributed by atoms with Crippen molar-refractivity contribution in [3.63, 3.8) is 0 Å². The number of carbonyl (C=O) groups excluding carboxylic acids is 1. The summed E-state index contributed by atoms with van der Waals surface area (Å²) in [5.74, 6) is 0.755. The molecule has 4 heteroatoms. The lowest BCUT2D eigenvalue weighted by Crippen LogP contribution is -2.30. The van der Waals surface area contributed by atoms with E-state index < -0.39 is 0 Å². The molecular weight excluding hydrogens is 312 g/mol. The predicted octanol–water partition coefficient (Wildman–Crippen LogP) is 4.39. The summed E-state index contributed by atoms with van der Waals surface area (Å²) in [7, 11) is 3.47. The van der Waals surface area contributed by atoms with Gasteiger partial charge in [-0.05, 0) is 32.0 Å². The number of fused-ring (bicyclic) bond motifs is 1. The van der Waals surface area contributed by atoms with Crippen LogP contribution < -0.4 is 4.74 Å². The van der Waals surface area contributed by atoms with Crippen molar-refractivity contribution in [2.24, 2.45) is 0 Å². The first-order valence-corrected chi connectivity index (χ1v) is 8.29. The van der Waals surface area contributed by atoms with Crippen molar-refractivity contribution >= 4 is 16.8 Å². The number of hydrogen-bond donors (Lipinski definition) is 0. The van der Waals surface area contributed by atoms with E-state index in [-0.39, 0.29) is 11.9 Å². The van der Waals surface area contributed by atoms with E-state index in [1.165, 1.54) is 0 Å². The summed E-state index contributed by atoms with van der Waals surface area (Å²) in [5.41, 5.74) is 3.33. The molecule has 25 heavy (non-hydrogen) atoms. The van der Waals surface area contributed by atoms with E-state index in [2.05, 4.69) is 4.98 Å². The Kier molecular flexibility index (Phi) is 4.70. The second-order valence-corrected chi connectivity index (χ2v) is 6.16. The zero-order valence-electron chi connectivity index (χ0n) is 15.0. The molecule has 0 bridgehead atoms. The summed E-state index contributed by atoms with van der Waals surface area (Å²) >= 11 is 0. The fraction of sp³-hybridized carbons (Fsp3) is 0.238. The number of para-hydroxylation sites is 2. The highest BCUT2D eigenvalue weighted by atomic mass is 16.5. The molecule has 0 N–H and O–H groups in total. The van der Waals surface area contributed by atoms with Gasteiger partial charge in [0.05, 0.1) is 24.2 Å². The molecule has 3 rings (SSSR count). The Hall–Kier alpha value is -2.88. The van der Waals surface area contributed by atoms with Crippen LogP contribution in [0.1, 0.15) is 34.6 Å². The highest BCUT2D eigenvalue weighted by Crippen LogP contribution is 2.30. The van der Waals surface area contributed by atoms with Crippen molar-refractivity contribution in [2.45, 2.75) is 19.9 Å². The van der Waals surface area contributed by atoms with Gasteiger partial charge >= 0.3 is 0 Å². The molecule has 3 aromatic rings. The van der Waals surface area contributed by atoms with Crippen molar-refractivity contribution in [1.29, 1.82) is 0 Å². The number of amides is 1. The number of aromatic nitrogens is 1. The second-order valence-electron chi connectivity index (χ2n) is 6.16. The lowest BCUT2D eigenvalue weighted by atomic mass is 10.0. The molecule has 128 valence electrons. The summed E-state index contributed by atoms with van der Waals surface area (Å²) in [6.45, 7) is 3.92. The smallest absolute Gasteiger partial charge is 0.254 e. The molecule has 0 spiro atoms. The third-order valence-corrected chi connectivity index (χ3v) is 4.56. The molecule has 0 radical (unpaired) electrons. The van der Waals surface area contributed by atoms with Gasteiger partial charge in [-0.1, -0.05) is 36.4 Å². The summed E-state index contributed by atoms with van der Waals surface area (Å²) in [6.07, 6.45) is 0. The minimum atomic E-state index is -0.115. The third-order valence-electron chi connectivity index (χ3n) is 4.56. The van der Waals surface area contributed by atoms with Gasteiger partial charge < -0.3 is 9.64 Å². The van der Waals surface area contributed by atoms with Gasteiger partial charge in [0.15, 0.2) is 0 Å². The minimum absolute atomic E-state index is 0.0277. The van der Waals surface area contributed by atoms with Crippen LogP contribution in [0.3, 0.4) is 0 Å². The van der Waals surface area contributed by atoms with Gasteiger partial charge in [0.25, 0.3) is 5.91 Å². The summed E-state index contributed by atoms with van der Waals surface area (Å²) in [6, 6.07) is 17.3. The molecule has 1 amide bonds. The Morgan fingerprint density at radius 3 is 2.56 bits per heavy atom. The maximum atomic E-state index is 13.2. The quantitative estimate of drug-likeness (QED) is 0.711. The Morgan fingerprint density at radius 2 is 1.80 bits per heavy atom.